The van der Waals surface area contributed by atoms with E-state index in [4.69, 9.17) is 27.9 Å². The monoisotopic (exact) mass is 495 g/mol. The number of piperazine rings is 1. The van der Waals surface area contributed by atoms with Gasteiger partial charge in [-0.1, -0.05) is 44.0 Å². The Bertz CT molecular complexity index is 1100. The lowest BCUT2D eigenvalue weighted by Crippen LogP contribution is -2.49. The summed E-state index contributed by atoms with van der Waals surface area (Å²) in [5.41, 5.74) is 0.472. The van der Waals surface area contributed by atoms with Crippen LogP contribution in [0.5, 0.6) is 11.5 Å². The van der Waals surface area contributed by atoms with Crippen molar-refractivity contribution in [1.82, 2.24) is 9.21 Å². The van der Waals surface area contributed by atoms with Crippen molar-refractivity contribution in [2.24, 2.45) is 5.41 Å². The van der Waals surface area contributed by atoms with Gasteiger partial charge < -0.3 is 9.64 Å². The molecule has 1 fully saturated rings. The fourth-order valence-electron chi connectivity index (χ4n) is 3.40. The van der Waals surface area contributed by atoms with Crippen LogP contribution in [0.15, 0.2) is 41.3 Å². The Labute approximate surface area is 200 Å². The van der Waals surface area contributed by atoms with Crippen molar-refractivity contribution in [3.8, 4) is 17.6 Å². The third-order valence-corrected chi connectivity index (χ3v) is 7.62. The summed E-state index contributed by atoms with van der Waals surface area (Å²) < 4.78 is 34.3. The summed E-state index contributed by atoms with van der Waals surface area (Å²) in [6, 6.07) is 11.0. The summed E-state index contributed by atoms with van der Waals surface area (Å²) in [6.45, 7) is 9.61. The fraction of sp³-hybridized carbons (Fsp3) is 0.435. The topological polar surface area (TPSA) is 73.6 Å². The lowest BCUT2D eigenvalue weighted by molar-refractivity contribution is 0.167. The minimum atomic E-state index is -3.87. The van der Waals surface area contributed by atoms with Gasteiger partial charge in [-0.3, -0.25) is 0 Å². The summed E-state index contributed by atoms with van der Waals surface area (Å²) >= 11 is 12.1. The largest absolute Gasteiger partial charge is 0.456 e. The van der Waals surface area contributed by atoms with E-state index in [-0.39, 0.29) is 21.6 Å². The molecule has 32 heavy (non-hydrogen) atoms. The second-order valence-electron chi connectivity index (χ2n) is 9.04. The molecule has 9 heteroatoms. The number of hydrogen-bond donors (Lipinski definition) is 0. The van der Waals surface area contributed by atoms with Crippen LogP contribution < -0.4 is 4.74 Å². The van der Waals surface area contributed by atoms with Crippen molar-refractivity contribution < 1.29 is 13.2 Å². The van der Waals surface area contributed by atoms with E-state index < -0.39 is 10.0 Å². The number of benzene rings is 2. The van der Waals surface area contributed by atoms with E-state index in [0.717, 1.165) is 13.0 Å². The first-order chi connectivity index (χ1) is 15.0. The van der Waals surface area contributed by atoms with E-state index in [9.17, 15) is 13.7 Å². The highest BCUT2D eigenvalue weighted by Crippen LogP contribution is 2.34. The Morgan fingerprint density at radius 3 is 2.22 bits per heavy atom. The van der Waals surface area contributed by atoms with Crippen LogP contribution in [-0.4, -0.2) is 50.3 Å². The van der Waals surface area contributed by atoms with Gasteiger partial charge in [-0.05, 0) is 54.8 Å². The standard InChI is InChI=1S/C23H27Cl2N3O3S/c1-23(2,3)6-7-27-8-10-28(11-9-27)32(29,30)22-12-17(16-26)4-5-21(22)31-20-14-18(24)13-19(25)15-20/h4-5,12-15H,6-11H2,1-3H3. The van der Waals surface area contributed by atoms with Crippen LogP contribution in [0.3, 0.4) is 0 Å². The zero-order chi connectivity index (χ0) is 23.5. The van der Waals surface area contributed by atoms with Gasteiger partial charge in [-0.25, -0.2) is 8.42 Å². The highest BCUT2D eigenvalue weighted by atomic mass is 35.5. The van der Waals surface area contributed by atoms with E-state index >= 15 is 0 Å². The van der Waals surface area contributed by atoms with Gasteiger partial charge in [0.25, 0.3) is 0 Å². The van der Waals surface area contributed by atoms with Gasteiger partial charge in [-0.2, -0.15) is 9.57 Å². The van der Waals surface area contributed by atoms with Crippen molar-refractivity contribution in [2.75, 3.05) is 32.7 Å². The third-order valence-electron chi connectivity index (χ3n) is 5.26. The van der Waals surface area contributed by atoms with Crippen molar-refractivity contribution in [3.63, 3.8) is 0 Å². The molecule has 2 aromatic rings. The zero-order valence-electron chi connectivity index (χ0n) is 18.4. The molecule has 3 rings (SSSR count). The molecule has 1 aliphatic rings. The quantitative estimate of drug-likeness (QED) is 0.536. The maximum atomic E-state index is 13.5. The summed E-state index contributed by atoms with van der Waals surface area (Å²) in [7, 11) is -3.87. The molecule has 0 spiro atoms. The highest BCUT2D eigenvalue weighted by molar-refractivity contribution is 7.89. The first kappa shape index (κ1) is 24.8. The summed E-state index contributed by atoms with van der Waals surface area (Å²) in [5, 5.41) is 10.1. The van der Waals surface area contributed by atoms with E-state index in [0.29, 0.717) is 42.0 Å². The number of ether oxygens (including phenoxy) is 1. The molecule has 1 aliphatic heterocycles. The molecule has 0 aliphatic carbocycles. The number of rotatable bonds is 6. The maximum absolute atomic E-state index is 13.5. The average Bonchev–Trinajstić information content (AvgIpc) is 2.71. The molecule has 1 heterocycles. The van der Waals surface area contributed by atoms with Crippen molar-refractivity contribution in [3.05, 3.63) is 52.0 Å². The van der Waals surface area contributed by atoms with Gasteiger partial charge in [0.05, 0.1) is 11.6 Å². The molecule has 0 aromatic heterocycles. The van der Waals surface area contributed by atoms with Crippen molar-refractivity contribution in [2.45, 2.75) is 32.1 Å². The molecule has 0 saturated carbocycles. The van der Waals surface area contributed by atoms with Crippen LogP contribution >= 0.6 is 23.2 Å². The number of sulfonamides is 1. The van der Waals surface area contributed by atoms with E-state index in [1.54, 1.807) is 18.2 Å². The summed E-state index contributed by atoms with van der Waals surface area (Å²) in [6.07, 6.45) is 1.05. The molecule has 0 radical (unpaired) electrons. The Kier molecular flexibility index (Phi) is 7.74. The Balaban J connectivity index is 1.83. The van der Waals surface area contributed by atoms with Gasteiger partial charge in [0.1, 0.15) is 16.4 Å². The maximum Gasteiger partial charge on any atom is 0.246 e. The molecule has 172 valence electrons. The number of hydrogen-bond acceptors (Lipinski definition) is 5. The van der Waals surface area contributed by atoms with Crippen LogP contribution in [0.25, 0.3) is 0 Å². The van der Waals surface area contributed by atoms with Crippen LogP contribution in [0.1, 0.15) is 32.8 Å². The van der Waals surface area contributed by atoms with E-state index in [1.165, 1.54) is 22.5 Å². The second-order valence-corrected chi connectivity index (χ2v) is 11.8. The minimum absolute atomic E-state index is 0.0456. The molecule has 1 saturated heterocycles. The van der Waals surface area contributed by atoms with Crippen molar-refractivity contribution in [1.29, 1.82) is 5.26 Å². The Hall–Kier alpha value is -1.82. The van der Waals surface area contributed by atoms with Gasteiger partial charge in [0.2, 0.25) is 10.0 Å². The molecular weight excluding hydrogens is 469 g/mol. The molecule has 2 aromatic carbocycles. The predicted octanol–water partition coefficient (Wildman–Crippen LogP) is 5.40. The smallest absolute Gasteiger partial charge is 0.246 e. The van der Waals surface area contributed by atoms with Crippen LogP contribution in [-0.2, 0) is 10.0 Å². The van der Waals surface area contributed by atoms with Gasteiger partial charge in [0, 0.05) is 36.2 Å². The van der Waals surface area contributed by atoms with Crippen LogP contribution in [0, 0.1) is 16.7 Å². The summed E-state index contributed by atoms with van der Waals surface area (Å²) in [5.74, 6) is 0.438. The van der Waals surface area contributed by atoms with Gasteiger partial charge in [0.15, 0.2) is 0 Å². The molecule has 0 amide bonds. The van der Waals surface area contributed by atoms with Crippen LogP contribution in [0.4, 0.5) is 0 Å². The lowest BCUT2D eigenvalue weighted by Gasteiger charge is -2.35. The average molecular weight is 496 g/mol. The fourth-order valence-corrected chi connectivity index (χ4v) is 5.47. The van der Waals surface area contributed by atoms with E-state index in [2.05, 4.69) is 25.7 Å². The molecular formula is C23H27Cl2N3O3S. The zero-order valence-corrected chi connectivity index (χ0v) is 20.8. The molecule has 0 N–H and O–H groups in total. The predicted molar refractivity (Wildman–Crippen MR) is 127 cm³/mol. The second kappa shape index (κ2) is 9.98. The normalized spacial score (nSPS) is 16.0. The number of nitriles is 1. The van der Waals surface area contributed by atoms with E-state index in [1.807, 2.05) is 6.07 Å². The summed E-state index contributed by atoms with van der Waals surface area (Å²) in [4.78, 5) is 2.24. The SMILES string of the molecule is CC(C)(C)CCN1CCN(S(=O)(=O)c2cc(C#N)ccc2Oc2cc(Cl)cc(Cl)c2)CC1. The Morgan fingerprint density at radius 1 is 1.03 bits per heavy atom. The molecule has 0 bridgehead atoms. The first-order valence-corrected chi connectivity index (χ1v) is 12.6. The molecule has 0 atom stereocenters. The number of halogens is 2. The lowest BCUT2D eigenvalue weighted by atomic mass is 9.92. The Morgan fingerprint density at radius 2 is 1.66 bits per heavy atom. The highest BCUT2D eigenvalue weighted by Gasteiger charge is 2.31. The first-order valence-electron chi connectivity index (χ1n) is 10.4. The minimum Gasteiger partial charge on any atom is -0.456 e. The number of nitrogens with zero attached hydrogens (tertiary/aromatic N) is 3. The van der Waals surface area contributed by atoms with Crippen molar-refractivity contribution >= 4 is 33.2 Å². The van der Waals surface area contributed by atoms with Gasteiger partial charge >= 0.3 is 0 Å². The van der Waals surface area contributed by atoms with Gasteiger partial charge in [-0.15, -0.1) is 0 Å². The third kappa shape index (κ3) is 6.37. The molecule has 0 unspecified atom stereocenters. The molecule has 6 nitrogen and oxygen atoms in total. The van der Waals surface area contributed by atoms with Crippen LogP contribution in [0.2, 0.25) is 10.0 Å².